The second-order valence-electron chi connectivity index (χ2n) is 4.85. The van der Waals surface area contributed by atoms with Gasteiger partial charge in [-0.15, -0.1) is 0 Å². The zero-order valence-corrected chi connectivity index (χ0v) is 10.1. The Bertz CT molecular complexity index is 218. The van der Waals surface area contributed by atoms with Crippen molar-refractivity contribution in [3.8, 4) is 0 Å². The summed E-state index contributed by atoms with van der Waals surface area (Å²) in [6.07, 6.45) is 5.07. The second-order valence-corrected chi connectivity index (χ2v) is 4.85. The fraction of sp³-hybridized carbons (Fsp3) is 0.917. The van der Waals surface area contributed by atoms with Crippen LogP contribution in [0.2, 0.25) is 0 Å². The van der Waals surface area contributed by atoms with Crippen LogP contribution in [0.1, 0.15) is 39.5 Å². The lowest BCUT2D eigenvalue weighted by molar-refractivity contribution is -0.141. The van der Waals surface area contributed by atoms with E-state index < -0.39 is 5.97 Å². The predicted molar refractivity (Wildman–Crippen MR) is 60.8 cm³/mol. The molecule has 0 aromatic carbocycles. The molecule has 0 bridgehead atoms. The molecule has 1 rings (SSSR count). The molecule has 1 N–H and O–H groups in total. The van der Waals surface area contributed by atoms with E-state index in [0.717, 1.165) is 5.92 Å². The Morgan fingerprint density at radius 1 is 1.53 bits per heavy atom. The van der Waals surface area contributed by atoms with Crippen LogP contribution < -0.4 is 0 Å². The summed E-state index contributed by atoms with van der Waals surface area (Å²) >= 11 is 0. The lowest BCUT2D eigenvalue weighted by Crippen LogP contribution is -2.38. The lowest BCUT2D eigenvalue weighted by Gasteiger charge is -2.30. The minimum atomic E-state index is -0.687. The number of hydrogen-bond donors (Lipinski definition) is 1. The van der Waals surface area contributed by atoms with Crippen LogP contribution in [0.15, 0.2) is 0 Å². The molecule has 0 amide bonds. The Hall–Kier alpha value is -0.570. The summed E-state index contributed by atoms with van der Waals surface area (Å²) in [5.74, 6) is -0.169. The van der Waals surface area contributed by atoms with E-state index >= 15 is 0 Å². The molecule has 3 heteroatoms. The van der Waals surface area contributed by atoms with Crippen molar-refractivity contribution in [2.24, 2.45) is 11.8 Å². The van der Waals surface area contributed by atoms with E-state index in [4.69, 9.17) is 5.11 Å². The summed E-state index contributed by atoms with van der Waals surface area (Å²) in [6.45, 7) is 4.70. The van der Waals surface area contributed by atoms with Gasteiger partial charge in [0.05, 0.1) is 5.92 Å². The fourth-order valence-corrected chi connectivity index (χ4v) is 2.72. The first kappa shape index (κ1) is 12.5. The number of nitrogens with zero attached hydrogens (tertiary/aromatic N) is 1. The van der Waals surface area contributed by atoms with Crippen molar-refractivity contribution in [1.82, 2.24) is 4.90 Å². The highest BCUT2D eigenvalue weighted by Gasteiger charge is 2.30. The average molecular weight is 213 g/mol. The number of aliphatic carboxylic acids is 1. The highest BCUT2D eigenvalue weighted by molar-refractivity contribution is 5.69. The first-order valence-electron chi connectivity index (χ1n) is 5.99. The van der Waals surface area contributed by atoms with E-state index in [1.807, 2.05) is 0 Å². The van der Waals surface area contributed by atoms with Gasteiger partial charge in [0.1, 0.15) is 0 Å². The SMILES string of the molecule is CCC1CCCC1N(C)CC(C)C(=O)O. The summed E-state index contributed by atoms with van der Waals surface area (Å²) in [6, 6.07) is 0.608. The molecular formula is C12H23NO2. The van der Waals surface area contributed by atoms with Crippen molar-refractivity contribution in [1.29, 1.82) is 0 Å². The van der Waals surface area contributed by atoms with Gasteiger partial charge in [0.25, 0.3) is 0 Å². The van der Waals surface area contributed by atoms with Crippen LogP contribution in [0.4, 0.5) is 0 Å². The number of carbonyl (C=O) groups is 1. The van der Waals surface area contributed by atoms with Gasteiger partial charge in [-0.05, 0) is 25.8 Å². The van der Waals surface area contributed by atoms with Crippen molar-refractivity contribution < 1.29 is 9.90 Å². The van der Waals surface area contributed by atoms with Gasteiger partial charge in [-0.2, -0.15) is 0 Å². The smallest absolute Gasteiger partial charge is 0.307 e. The second kappa shape index (κ2) is 5.50. The molecule has 15 heavy (non-hydrogen) atoms. The zero-order valence-electron chi connectivity index (χ0n) is 10.1. The van der Waals surface area contributed by atoms with Gasteiger partial charge in [-0.1, -0.05) is 26.7 Å². The van der Waals surface area contributed by atoms with Crippen LogP contribution in [-0.2, 0) is 4.79 Å². The Kier molecular flexibility index (Phi) is 4.58. The molecule has 3 nitrogen and oxygen atoms in total. The largest absolute Gasteiger partial charge is 0.481 e. The van der Waals surface area contributed by atoms with Crippen LogP contribution in [0.3, 0.4) is 0 Å². The van der Waals surface area contributed by atoms with E-state index in [-0.39, 0.29) is 5.92 Å². The molecule has 1 aliphatic carbocycles. The maximum atomic E-state index is 10.8. The van der Waals surface area contributed by atoms with E-state index in [2.05, 4.69) is 18.9 Å². The normalized spacial score (nSPS) is 28.3. The van der Waals surface area contributed by atoms with Crippen LogP contribution in [-0.4, -0.2) is 35.6 Å². The summed E-state index contributed by atoms with van der Waals surface area (Å²) < 4.78 is 0. The van der Waals surface area contributed by atoms with Gasteiger partial charge in [-0.3, -0.25) is 4.79 Å². The summed E-state index contributed by atoms with van der Waals surface area (Å²) in [7, 11) is 2.07. The van der Waals surface area contributed by atoms with Crippen LogP contribution >= 0.6 is 0 Å². The van der Waals surface area contributed by atoms with E-state index in [1.54, 1.807) is 6.92 Å². The van der Waals surface area contributed by atoms with Crippen LogP contribution in [0.5, 0.6) is 0 Å². The van der Waals surface area contributed by atoms with Gasteiger partial charge in [-0.25, -0.2) is 0 Å². The monoisotopic (exact) mass is 213 g/mol. The molecule has 0 aromatic heterocycles. The Morgan fingerprint density at radius 2 is 2.20 bits per heavy atom. The maximum absolute atomic E-state index is 10.8. The molecule has 3 atom stereocenters. The molecule has 3 unspecified atom stereocenters. The van der Waals surface area contributed by atoms with Crippen LogP contribution in [0.25, 0.3) is 0 Å². The summed E-state index contributed by atoms with van der Waals surface area (Å²) in [5, 5.41) is 8.87. The maximum Gasteiger partial charge on any atom is 0.307 e. The molecule has 1 fully saturated rings. The molecule has 1 aliphatic rings. The average Bonchev–Trinajstić information content (AvgIpc) is 2.64. The van der Waals surface area contributed by atoms with Crippen molar-refractivity contribution in [2.75, 3.05) is 13.6 Å². The van der Waals surface area contributed by atoms with Crippen LogP contribution in [0, 0.1) is 11.8 Å². The van der Waals surface area contributed by atoms with Crippen molar-refractivity contribution in [2.45, 2.75) is 45.6 Å². The van der Waals surface area contributed by atoms with Crippen molar-refractivity contribution in [3.05, 3.63) is 0 Å². The van der Waals surface area contributed by atoms with Gasteiger partial charge < -0.3 is 10.0 Å². The number of rotatable bonds is 5. The quantitative estimate of drug-likeness (QED) is 0.761. The Labute approximate surface area is 92.5 Å². The molecule has 0 aromatic rings. The highest BCUT2D eigenvalue weighted by Crippen LogP contribution is 2.31. The Balaban J connectivity index is 2.45. The molecule has 88 valence electrons. The number of carboxylic acids is 1. The van der Waals surface area contributed by atoms with E-state index in [1.165, 1.54) is 25.7 Å². The molecule has 0 aliphatic heterocycles. The molecule has 0 radical (unpaired) electrons. The lowest BCUT2D eigenvalue weighted by atomic mass is 9.98. The predicted octanol–water partition coefficient (Wildman–Crippen LogP) is 2.22. The number of carboxylic acid groups (broad SMARTS) is 1. The molecule has 0 spiro atoms. The van der Waals surface area contributed by atoms with Gasteiger partial charge >= 0.3 is 5.97 Å². The fourth-order valence-electron chi connectivity index (χ4n) is 2.72. The molecular weight excluding hydrogens is 190 g/mol. The molecule has 0 saturated heterocycles. The topological polar surface area (TPSA) is 40.5 Å². The third kappa shape index (κ3) is 3.20. The molecule has 1 saturated carbocycles. The third-order valence-corrected chi connectivity index (χ3v) is 3.69. The van der Waals surface area contributed by atoms with Crippen molar-refractivity contribution >= 4 is 5.97 Å². The van der Waals surface area contributed by atoms with Gasteiger partial charge in [0, 0.05) is 12.6 Å². The minimum absolute atomic E-state index is 0.256. The third-order valence-electron chi connectivity index (χ3n) is 3.69. The highest BCUT2D eigenvalue weighted by atomic mass is 16.4. The standard InChI is InChI=1S/C12H23NO2/c1-4-10-6-5-7-11(10)13(3)8-9(2)12(14)15/h9-11H,4-8H2,1-3H3,(H,14,15). The summed E-state index contributed by atoms with van der Waals surface area (Å²) in [4.78, 5) is 13.0. The minimum Gasteiger partial charge on any atom is -0.481 e. The number of hydrogen-bond acceptors (Lipinski definition) is 2. The first-order valence-corrected chi connectivity index (χ1v) is 5.99. The van der Waals surface area contributed by atoms with E-state index in [9.17, 15) is 4.79 Å². The van der Waals surface area contributed by atoms with E-state index in [0.29, 0.717) is 12.6 Å². The first-order chi connectivity index (χ1) is 7.06. The van der Waals surface area contributed by atoms with Gasteiger partial charge in [0.2, 0.25) is 0 Å². The zero-order chi connectivity index (χ0) is 11.4. The Morgan fingerprint density at radius 3 is 2.73 bits per heavy atom. The van der Waals surface area contributed by atoms with Crippen molar-refractivity contribution in [3.63, 3.8) is 0 Å². The molecule has 0 heterocycles. The summed E-state index contributed by atoms with van der Waals surface area (Å²) in [5.41, 5.74) is 0. The van der Waals surface area contributed by atoms with Gasteiger partial charge in [0.15, 0.2) is 0 Å².